The van der Waals surface area contributed by atoms with Gasteiger partial charge in [-0.3, -0.25) is 0 Å². The van der Waals surface area contributed by atoms with E-state index in [2.05, 4.69) is 11.9 Å². The number of nitrogens with zero attached hydrogens (tertiary/aromatic N) is 1. The summed E-state index contributed by atoms with van der Waals surface area (Å²) in [6.07, 6.45) is 2.69. The number of urea groups is 1. The Balaban J connectivity index is 4.44. The van der Waals surface area contributed by atoms with Crippen LogP contribution in [-0.4, -0.2) is 54.9 Å². The molecule has 1 atom stereocenters. The smallest absolute Gasteiger partial charge is 0.326 e. The van der Waals surface area contributed by atoms with E-state index in [0.717, 1.165) is 0 Å². The highest BCUT2D eigenvalue weighted by Crippen LogP contribution is 1.99. The lowest BCUT2D eigenvalue weighted by molar-refractivity contribution is -0.139. The summed E-state index contributed by atoms with van der Waals surface area (Å²) in [4.78, 5) is 24.3. The summed E-state index contributed by atoms with van der Waals surface area (Å²) in [6.45, 7) is 6.58. The van der Waals surface area contributed by atoms with Gasteiger partial charge in [-0.05, 0) is 6.42 Å². The molecule has 0 saturated heterocycles. The largest absolute Gasteiger partial charge is 0.480 e. The van der Waals surface area contributed by atoms with E-state index in [-0.39, 0.29) is 0 Å². The Kier molecular flexibility index (Phi) is 8.65. The number of carbonyl (C=O) groups excluding carboxylic acids is 1. The SMILES string of the molecule is C=CCN(CCOC)C(=O)N[C@H](CCC)C(=O)O. The first-order valence-electron chi connectivity index (χ1n) is 5.94. The van der Waals surface area contributed by atoms with Crippen molar-refractivity contribution in [2.45, 2.75) is 25.8 Å². The van der Waals surface area contributed by atoms with Crippen molar-refractivity contribution in [3.63, 3.8) is 0 Å². The number of aliphatic carboxylic acids is 1. The zero-order valence-corrected chi connectivity index (χ0v) is 11.0. The van der Waals surface area contributed by atoms with Gasteiger partial charge in [0.1, 0.15) is 6.04 Å². The molecule has 0 aliphatic carbocycles. The third-order valence-corrected chi connectivity index (χ3v) is 2.38. The predicted octanol–water partition coefficient (Wildman–Crippen LogP) is 1.08. The Bertz CT molecular complexity index is 281. The second-order valence-corrected chi connectivity index (χ2v) is 3.86. The van der Waals surface area contributed by atoms with Gasteiger partial charge in [0.15, 0.2) is 0 Å². The van der Waals surface area contributed by atoms with E-state index in [1.807, 2.05) is 6.92 Å². The molecule has 0 spiro atoms. The fourth-order valence-electron chi connectivity index (χ4n) is 1.42. The average Bonchev–Trinajstić information content (AvgIpc) is 2.33. The molecule has 0 aliphatic heterocycles. The Labute approximate surface area is 108 Å². The lowest BCUT2D eigenvalue weighted by Gasteiger charge is -2.23. The quantitative estimate of drug-likeness (QED) is 0.607. The number of methoxy groups -OCH3 is 1. The van der Waals surface area contributed by atoms with Crippen LogP contribution in [0.4, 0.5) is 4.79 Å². The first-order chi connectivity index (χ1) is 8.56. The molecule has 0 heterocycles. The van der Waals surface area contributed by atoms with E-state index in [1.54, 1.807) is 13.2 Å². The third-order valence-electron chi connectivity index (χ3n) is 2.38. The molecule has 0 aromatic heterocycles. The zero-order chi connectivity index (χ0) is 14.0. The first kappa shape index (κ1) is 16.4. The molecule has 0 radical (unpaired) electrons. The van der Waals surface area contributed by atoms with Crippen molar-refractivity contribution in [2.24, 2.45) is 0 Å². The van der Waals surface area contributed by atoms with Crippen LogP contribution >= 0.6 is 0 Å². The van der Waals surface area contributed by atoms with Gasteiger partial charge in [-0.1, -0.05) is 19.4 Å². The number of carboxylic acids is 1. The molecule has 2 N–H and O–H groups in total. The minimum Gasteiger partial charge on any atom is -0.480 e. The highest BCUT2D eigenvalue weighted by atomic mass is 16.5. The van der Waals surface area contributed by atoms with Crippen LogP contribution in [0.3, 0.4) is 0 Å². The lowest BCUT2D eigenvalue weighted by atomic mass is 10.2. The van der Waals surface area contributed by atoms with Crippen molar-refractivity contribution in [3.8, 4) is 0 Å². The molecule has 6 heteroatoms. The summed E-state index contributed by atoms with van der Waals surface area (Å²) in [6, 6.07) is -1.26. The summed E-state index contributed by atoms with van der Waals surface area (Å²) in [5.74, 6) is -1.02. The first-order valence-corrected chi connectivity index (χ1v) is 5.94. The van der Waals surface area contributed by atoms with Crippen LogP contribution < -0.4 is 5.32 Å². The van der Waals surface area contributed by atoms with Crippen LogP contribution in [0, 0.1) is 0 Å². The fourth-order valence-corrected chi connectivity index (χ4v) is 1.42. The molecule has 0 unspecified atom stereocenters. The third kappa shape index (κ3) is 6.24. The molecule has 0 aromatic rings. The molecule has 0 saturated carbocycles. The average molecular weight is 258 g/mol. The van der Waals surface area contributed by atoms with E-state index in [0.29, 0.717) is 32.5 Å². The van der Waals surface area contributed by atoms with Crippen molar-refractivity contribution in [2.75, 3.05) is 26.8 Å². The van der Waals surface area contributed by atoms with Gasteiger partial charge in [-0.2, -0.15) is 0 Å². The normalized spacial score (nSPS) is 11.7. The van der Waals surface area contributed by atoms with Crippen LogP contribution in [0.2, 0.25) is 0 Å². The van der Waals surface area contributed by atoms with Crippen molar-refractivity contribution in [1.82, 2.24) is 10.2 Å². The Morgan fingerprint density at radius 3 is 2.67 bits per heavy atom. The Morgan fingerprint density at radius 1 is 1.56 bits per heavy atom. The summed E-state index contributed by atoms with van der Waals surface area (Å²) in [7, 11) is 1.54. The molecular weight excluding hydrogens is 236 g/mol. The van der Waals surface area contributed by atoms with Gasteiger partial charge < -0.3 is 20.1 Å². The molecule has 0 rings (SSSR count). The zero-order valence-electron chi connectivity index (χ0n) is 11.0. The van der Waals surface area contributed by atoms with Crippen LogP contribution in [0.15, 0.2) is 12.7 Å². The lowest BCUT2D eigenvalue weighted by Crippen LogP contribution is -2.48. The van der Waals surface area contributed by atoms with Crippen molar-refractivity contribution < 1.29 is 19.4 Å². The molecule has 6 nitrogen and oxygen atoms in total. The Hall–Kier alpha value is -1.56. The highest BCUT2D eigenvalue weighted by molar-refractivity contribution is 5.82. The Morgan fingerprint density at radius 2 is 2.22 bits per heavy atom. The second kappa shape index (κ2) is 9.47. The fraction of sp³-hybridized carbons (Fsp3) is 0.667. The summed E-state index contributed by atoms with van der Waals surface area (Å²) in [5, 5.41) is 11.5. The summed E-state index contributed by atoms with van der Waals surface area (Å²) in [5.41, 5.74) is 0. The number of ether oxygens (including phenoxy) is 1. The van der Waals surface area contributed by atoms with Crippen molar-refractivity contribution in [3.05, 3.63) is 12.7 Å². The van der Waals surface area contributed by atoms with E-state index in [4.69, 9.17) is 9.84 Å². The van der Waals surface area contributed by atoms with Crippen LogP contribution in [-0.2, 0) is 9.53 Å². The van der Waals surface area contributed by atoms with Gasteiger partial charge in [0.05, 0.1) is 6.61 Å². The second-order valence-electron chi connectivity index (χ2n) is 3.86. The molecule has 0 bridgehead atoms. The van der Waals surface area contributed by atoms with Crippen LogP contribution in [0.25, 0.3) is 0 Å². The van der Waals surface area contributed by atoms with Crippen molar-refractivity contribution >= 4 is 12.0 Å². The summed E-state index contributed by atoms with van der Waals surface area (Å²) >= 11 is 0. The number of carbonyl (C=O) groups is 2. The maximum Gasteiger partial charge on any atom is 0.326 e. The van der Waals surface area contributed by atoms with E-state index < -0.39 is 18.0 Å². The maximum absolute atomic E-state index is 11.9. The molecule has 0 aromatic carbocycles. The van der Waals surface area contributed by atoms with Crippen molar-refractivity contribution in [1.29, 1.82) is 0 Å². The number of nitrogens with one attached hydrogen (secondary N) is 1. The molecular formula is C12H22N2O4. The number of rotatable bonds is 9. The van der Waals surface area contributed by atoms with Gasteiger partial charge >= 0.3 is 12.0 Å². The predicted molar refractivity (Wildman–Crippen MR) is 68.5 cm³/mol. The number of hydrogen-bond donors (Lipinski definition) is 2. The standard InChI is InChI=1S/C12H22N2O4/c1-4-6-10(11(15)16)13-12(17)14(7-5-2)8-9-18-3/h5,10H,2,4,6-9H2,1,3H3,(H,13,17)(H,15,16)/t10-/m1/s1. The maximum atomic E-state index is 11.9. The minimum absolute atomic E-state index is 0.355. The minimum atomic E-state index is -1.02. The topological polar surface area (TPSA) is 78.9 Å². The van der Waals surface area contributed by atoms with E-state index >= 15 is 0 Å². The van der Waals surface area contributed by atoms with Crippen LogP contribution in [0.1, 0.15) is 19.8 Å². The van der Waals surface area contributed by atoms with Gasteiger partial charge in [0.25, 0.3) is 0 Å². The number of hydrogen-bond acceptors (Lipinski definition) is 3. The van der Waals surface area contributed by atoms with E-state index in [1.165, 1.54) is 4.90 Å². The number of carboxylic acid groups (broad SMARTS) is 1. The molecule has 104 valence electrons. The van der Waals surface area contributed by atoms with E-state index in [9.17, 15) is 9.59 Å². The van der Waals surface area contributed by atoms with Crippen LogP contribution in [0.5, 0.6) is 0 Å². The van der Waals surface area contributed by atoms with Gasteiger partial charge in [0.2, 0.25) is 0 Å². The number of amides is 2. The molecule has 0 fully saturated rings. The van der Waals surface area contributed by atoms with Gasteiger partial charge in [-0.15, -0.1) is 6.58 Å². The molecule has 0 aliphatic rings. The highest BCUT2D eigenvalue weighted by Gasteiger charge is 2.21. The van der Waals surface area contributed by atoms with Gasteiger partial charge in [-0.25, -0.2) is 9.59 Å². The summed E-state index contributed by atoms with van der Waals surface area (Å²) < 4.78 is 4.90. The van der Waals surface area contributed by atoms with Gasteiger partial charge in [0, 0.05) is 20.2 Å². The molecule has 18 heavy (non-hydrogen) atoms. The molecule has 2 amide bonds. The monoisotopic (exact) mass is 258 g/mol.